The first kappa shape index (κ1) is 26.6. The van der Waals surface area contributed by atoms with Gasteiger partial charge in [-0.25, -0.2) is 9.97 Å². The summed E-state index contributed by atoms with van der Waals surface area (Å²) >= 11 is 8.28. The fraction of sp³-hybridized carbons (Fsp3) is 0.300. The highest BCUT2D eigenvalue weighted by Crippen LogP contribution is 2.35. The number of piperidine rings is 1. The Kier molecular flexibility index (Phi) is 7.86. The van der Waals surface area contributed by atoms with E-state index >= 15 is 0 Å². The van der Waals surface area contributed by atoms with Crippen molar-refractivity contribution in [2.24, 2.45) is 5.92 Å². The Bertz CT molecular complexity index is 1640. The van der Waals surface area contributed by atoms with E-state index in [9.17, 15) is 4.79 Å². The van der Waals surface area contributed by atoms with E-state index in [1.54, 1.807) is 11.3 Å². The number of likely N-dealkylation sites (tertiary alicyclic amines) is 1. The molecular weight excluding hydrogens is 544 g/mol. The molecule has 0 atom stereocenters. The summed E-state index contributed by atoms with van der Waals surface area (Å²) in [6.45, 7) is 3.29. The quantitative estimate of drug-likeness (QED) is 0.204. The molecule has 0 spiro atoms. The van der Waals surface area contributed by atoms with E-state index in [2.05, 4.69) is 48.6 Å². The highest BCUT2D eigenvalue weighted by Gasteiger charge is 2.19. The highest BCUT2D eigenvalue weighted by atomic mass is 35.5. The van der Waals surface area contributed by atoms with Crippen molar-refractivity contribution in [2.75, 3.05) is 32.0 Å². The van der Waals surface area contributed by atoms with Crippen molar-refractivity contribution in [3.63, 3.8) is 0 Å². The van der Waals surface area contributed by atoms with E-state index in [4.69, 9.17) is 16.3 Å². The number of anilines is 2. The molecule has 1 aliphatic heterocycles. The van der Waals surface area contributed by atoms with Gasteiger partial charge in [0.1, 0.15) is 23.3 Å². The number of ether oxygens (including phenoxy) is 1. The van der Waals surface area contributed by atoms with Crippen LogP contribution >= 0.6 is 22.9 Å². The number of carbonyl (C=O) groups excluding carboxylic acids is 1. The van der Waals surface area contributed by atoms with Gasteiger partial charge in [0.05, 0.1) is 10.5 Å². The predicted octanol–water partition coefficient (Wildman–Crippen LogP) is 6.68. The van der Waals surface area contributed by atoms with E-state index in [-0.39, 0.29) is 5.91 Å². The molecule has 1 saturated heterocycles. The van der Waals surface area contributed by atoms with E-state index in [1.807, 2.05) is 48.7 Å². The van der Waals surface area contributed by atoms with Gasteiger partial charge in [0.25, 0.3) is 0 Å². The van der Waals surface area contributed by atoms with Crippen LogP contribution < -0.4 is 15.4 Å². The van der Waals surface area contributed by atoms with Gasteiger partial charge in [0.15, 0.2) is 5.82 Å². The third-order valence-corrected chi connectivity index (χ3v) is 8.56. The lowest BCUT2D eigenvalue weighted by Crippen LogP contribution is -2.34. The number of amides is 1. The molecule has 206 valence electrons. The van der Waals surface area contributed by atoms with Crippen molar-refractivity contribution >= 4 is 61.5 Å². The van der Waals surface area contributed by atoms with Crippen LogP contribution in [0.25, 0.3) is 21.1 Å². The molecule has 2 aromatic carbocycles. The second kappa shape index (κ2) is 11.8. The van der Waals surface area contributed by atoms with Crippen LogP contribution in [0, 0.1) is 5.92 Å². The van der Waals surface area contributed by atoms with Crippen LogP contribution in [0.3, 0.4) is 0 Å². The fourth-order valence-electron chi connectivity index (χ4n) is 5.15. The molecule has 5 aromatic rings. The molecule has 6 rings (SSSR count). The van der Waals surface area contributed by atoms with Gasteiger partial charge in [0, 0.05) is 36.1 Å². The predicted molar refractivity (Wildman–Crippen MR) is 162 cm³/mol. The maximum Gasteiger partial charge on any atom is 0.220 e. The highest BCUT2D eigenvalue weighted by molar-refractivity contribution is 7.17. The zero-order chi connectivity index (χ0) is 27.5. The standard InChI is InChI=1S/C30H31ClN6O2S/c1-36-11-6-20(7-12-36)16-28(38)32-10-14-37-13-8-25-29(37)30(34-19-33-25)35-22-3-5-26(24(31)17-22)39-23-4-2-21-9-15-40-27(21)18-23/h2-5,8-9,13,15,17-20H,6-7,10-12,14,16H2,1H3,(H,32,38)(H,33,34,35). The Hall–Kier alpha value is -3.66. The van der Waals surface area contributed by atoms with Crippen LogP contribution in [-0.2, 0) is 11.3 Å². The molecule has 1 fully saturated rings. The smallest absolute Gasteiger partial charge is 0.220 e. The third kappa shape index (κ3) is 6.06. The van der Waals surface area contributed by atoms with E-state index < -0.39 is 0 Å². The van der Waals surface area contributed by atoms with E-state index in [0.717, 1.165) is 48.4 Å². The number of hydrogen-bond acceptors (Lipinski definition) is 7. The molecule has 0 unspecified atom stereocenters. The van der Waals surface area contributed by atoms with Crippen LogP contribution in [0.4, 0.5) is 11.5 Å². The average Bonchev–Trinajstić information content (AvgIpc) is 3.59. The number of rotatable bonds is 9. The van der Waals surface area contributed by atoms with Crippen LogP contribution in [0.2, 0.25) is 5.02 Å². The molecule has 10 heteroatoms. The zero-order valence-electron chi connectivity index (χ0n) is 22.3. The van der Waals surface area contributed by atoms with E-state index in [0.29, 0.717) is 42.0 Å². The van der Waals surface area contributed by atoms with Crippen LogP contribution in [0.5, 0.6) is 11.5 Å². The number of carbonyl (C=O) groups is 1. The number of aromatic nitrogens is 3. The molecular formula is C30H31ClN6O2S. The summed E-state index contributed by atoms with van der Waals surface area (Å²) in [5.74, 6) is 2.58. The topological polar surface area (TPSA) is 84.3 Å². The first-order chi connectivity index (χ1) is 19.5. The molecule has 8 nitrogen and oxygen atoms in total. The van der Waals surface area contributed by atoms with Crippen LogP contribution in [0.15, 0.2) is 66.4 Å². The molecule has 4 heterocycles. The van der Waals surface area contributed by atoms with Gasteiger partial charge in [-0.3, -0.25) is 4.79 Å². The van der Waals surface area contributed by atoms with E-state index in [1.165, 1.54) is 16.4 Å². The van der Waals surface area contributed by atoms with Gasteiger partial charge < -0.3 is 24.8 Å². The van der Waals surface area contributed by atoms with Crippen molar-refractivity contribution in [1.82, 2.24) is 24.8 Å². The van der Waals surface area contributed by atoms with Crippen molar-refractivity contribution in [3.8, 4) is 11.5 Å². The molecule has 0 saturated carbocycles. The molecule has 0 aliphatic carbocycles. The van der Waals surface area contributed by atoms with Gasteiger partial charge in [-0.2, -0.15) is 0 Å². The van der Waals surface area contributed by atoms with Crippen molar-refractivity contribution in [3.05, 3.63) is 71.5 Å². The second-order valence-corrected chi connectivity index (χ2v) is 11.6. The Balaban J connectivity index is 1.10. The number of nitrogens with one attached hydrogen (secondary N) is 2. The number of thiophene rings is 1. The largest absolute Gasteiger partial charge is 0.456 e. The summed E-state index contributed by atoms with van der Waals surface area (Å²) in [6.07, 6.45) is 6.28. The van der Waals surface area contributed by atoms with Crippen molar-refractivity contribution < 1.29 is 9.53 Å². The Morgan fingerprint density at radius 1 is 1.12 bits per heavy atom. The Morgan fingerprint density at radius 3 is 2.85 bits per heavy atom. The van der Waals surface area contributed by atoms with Gasteiger partial charge in [-0.1, -0.05) is 11.6 Å². The molecule has 2 N–H and O–H groups in total. The van der Waals surface area contributed by atoms with Gasteiger partial charge in [0.2, 0.25) is 5.91 Å². The third-order valence-electron chi connectivity index (χ3n) is 7.39. The number of halogens is 1. The first-order valence-corrected chi connectivity index (χ1v) is 14.7. The van der Waals surface area contributed by atoms with Gasteiger partial charge in [-0.15, -0.1) is 11.3 Å². The lowest BCUT2D eigenvalue weighted by molar-refractivity contribution is -0.122. The number of nitrogens with zero attached hydrogens (tertiary/aromatic N) is 4. The van der Waals surface area contributed by atoms with Crippen LogP contribution in [0.1, 0.15) is 19.3 Å². The number of fused-ring (bicyclic) bond motifs is 2. The summed E-state index contributed by atoms with van der Waals surface area (Å²) in [7, 11) is 2.14. The maximum atomic E-state index is 12.5. The van der Waals surface area contributed by atoms with Gasteiger partial charge in [-0.05, 0) is 98.2 Å². The molecule has 1 aliphatic rings. The number of hydrogen-bond donors (Lipinski definition) is 2. The lowest BCUT2D eigenvalue weighted by Gasteiger charge is -2.28. The Labute approximate surface area is 241 Å². The summed E-state index contributed by atoms with van der Waals surface area (Å²) in [5.41, 5.74) is 2.48. The molecule has 1 amide bonds. The minimum Gasteiger partial charge on any atom is -0.456 e. The maximum absolute atomic E-state index is 12.5. The molecule has 40 heavy (non-hydrogen) atoms. The summed E-state index contributed by atoms with van der Waals surface area (Å²) in [5, 5.41) is 10.2. The normalized spacial score (nSPS) is 14.6. The Morgan fingerprint density at radius 2 is 2.00 bits per heavy atom. The average molecular weight is 575 g/mol. The first-order valence-electron chi connectivity index (χ1n) is 13.5. The van der Waals surface area contributed by atoms with Gasteiger partial charge >= 0.3 is 0 Å². The number of benzene rings is 2. The minimum atomic E-state index is 0.118. The monoisotopic (exact) mass is 574 g/mol. The summed E-state index contributed by atoms with van der Waals surface area (Å²) < 4.78 is 9.29. The molecule has 3 aromatic heterocycles. The fourth-order valence-corrected chi connectivity index (χ4v) is 6.19. The summed E-state index contributed by atoms with van der Waals surface area (Å²) in [6, 6.07) is 15.6. The second-order valence-electron chi connectivity index (χ2n) is 10.3. The zero-order valence-corrected chi connectivity index (χ0v) is 23.8. The van der Waals surface area contributed by atoms with Crippen molar-refractivity contribution in [1.29, 1.82) is 0 Å². The SMILES string of the molecule is CN1CCC(CC(=O)NCCn2ccc3ncnc(Nc4ccc(Oc5ccc6ccsc6c5)c(Cl)c4)c32)CC1. The molecule has 0 bridgehead atoms. The van der Waals surface area contributed by atoms with Crippen LogP contribution in [-0.4, -0.2) is 52.0 Å². The minimum absolute atomic E-state index is 0.118. The summed E-state index contributed by atoms with van der Waals surface area (Å²) in [4.78, 5) is 23.8. The lowest BCUT2D eigenvalue weighted by atomic mass is 9.93. The van der Waals surface area contributed by atoms with Crippen molar-refractivity contribution in [2.45, 2.75) is 25.8 Å². The molecule has 0 radical (unpaired) electrons.